The van der Waals surface area contributed by atoms with Crippen LogP contribution < -0.4 is 5.32 Å². The minimum Gasteiger partial charge on any atom is -0.448 e. The number of ether oxygens (including phenoxy) is 1. The molecule has 0 aromatic carbocycles. The maximum atomic E-state index is 11.0. The summed E-state index contributed by atoms with van der Waals surface area (Å²) in [6.45, 7) is 0.200. The van der Waals surface area contributed by atoms with Crippen molar-refractivity contribution >= 4 is 23.5 Å². The summed E-state index contributed by atoms with van der Waals surface area (Å²) in [5.41, 5.74) is 0. The fourth-order valence-electron chi connectivity index (χ4n) is 0.768. The highest BCUT2D eigenvalue weighted by atomic mass is 35.5. The quantitative estimate of drug-likeness (QED) is 0.752. The van der Waals surface area contributed by atoms with Crippen LogP contribution in [-0.4, -0.2) is 28.4 Å². The Morgan fingerprint density at radius 2 is 2.62 bits per heavy atom. The van der Waals surface area contributed by atoms with E-state index in [0.29, 0.717) is 11.7 Å². The molecular formula is C7H10ClN3O2. The van der Waals surface area contributed by atoms with Crippen molar-refractivity contribution in [3.8, 4) is 0 Å². The molecule has 1 aromatic rings. The molecule has 0 saturated heterocycles. The van der Waals surface area contributed by atoms with Crippen LogP contribution in [0.2, 0.25) is 0 Å². The Kier molecular flexibility index (Phi) is 3.57. The first-order valence-corrected chi connectivity index (χ1v) is 4.25. The summed E-state index contributed by atoms with van der Waals surface area (Å²) in [7, 11) is 1.72. The van der Waals surface area contributed by atoms with E-state index < -0.39 is 6.09 Å². The van der Waals surface area contributed by atoms with Crippen molar-refractivity contribution in [1.29, 1.82) is 0 Å². The van der Waals surface area contributed by atoms with Crippen molar-refractivity contribution in [3.63, 3.8) is 0 Å². The van der Waals surface area contributed by atoms with E-state index in [-0.39, 0.29) is 6.61 Å². The number of aromatic nitrogens is 2. The minimum absolute atomic E-state index is 0.200. The summed E-state index contributed by atoms with van der Waals surface area (Å²) >= 11 is 5.34. The van der Waals surface area contributed by atoms with Crippen molar-refractivity contribution in [3.05, 3.63) is 12.3 Å². The lowest BCUT2D eigenvalue weighted by molar-refractivity contribution is 0.168. The Morgan fingerprint density at radius 3 is 3.15 bits per heavy atom. The molecule has 0 fully saturated rings. The number of alkyl halides is 1. The molecule has 1 N–H and O–H groups in total. The van der Waals surface area contributed by atoms with Gasteiger partial charge in [0.25, 0.3) is 0 Å². The van der Waals surface area contributed by atoms with Crippen LogP contribution in [0.1, 0.15) is 0 Å². The fourth-order valence-corrected chi connectivity index (χ4v) is 0.846. The molecule has 0 bridgehead atoms. The number of nitrogens with one attached hydrogen (secondary N) is 1. The van der Waals surface area contributed by atoms with Crippen molar-refractivity contribution in [2.24, 2.45) is 7.05 Å². The van der Waals surface area contributed by atoms with Gasteiger partial charge in [0, 0.05) is 13.1 Å². The Bertz CT molecular complexity index is 287. The van der Waals surface area contributed by atoms with Crippen LogP contribution >= 0.6 is 11.6 Å². The Morgan fingerprint density at radius 1 is 1.85 bits per heavy atom. The summed E-state index contributed by atoms with van der Waals surface area (Å²) in [5, 5.41) is 6.38. The maximum Gasteiger partial charge on any atom is 0.412 e. The molecule has 0 aliphatic heterocycles. The highest BCUT2D eigenvalue weighted by molar-refractivity contribution is 6.18. The number of carbonyl (C=O) groups excluding carboxylic acids is 1. The third-order valence-electron chi connectivity index (χ3n) is 1.36. The molecule has 72 valence electrons. The van der Waals surface area contributed by atoms with Crippen LogP contribution in [0.3, 0.4) is 0 Å². The van der Waals surface area contributed by atoms with Crippen LogP contribution in [0.4, 0.5) is 10.6 Å². The number of aryl methyl sites for hydroxylation is 1. The third kappa shape index (κ3) is 2.95. The second kappa shape index (κ2) is 4.71. The second-order valence-electron chi connectivity index (χ2n) is 2.29. The molecule has 0 aliphatic carbocycles. The maximum absolute atomic E-state index is 11.0. The monoisotopic (exact) mass is 203 g/mol. The van der Waals surface area contributed by atoms with Crippen LogP contribution in [0.5, 0.6) is 0 Å². The fraction of sp³-hybridized carbons (Fsp3) is 0.429. The molecule has 0 spiro atoms. The zero-order valence-electron chi connectivity index (χ0n) is 7.16. The number of halogens is 1. The molecular weight excluding hydrogens is 194 g/mol. The smallest absolute Gasteiger partial charge is 0.412 e. The first-order chi connectivity index (χ1) is 6.24. The van der Waals surface area contributed by atoms with Gasteiger partial charge in [-0.3, -0.25) is 10.00 Å². The van der Waals surface area contributed by atoms with Gasteiger partial charge in [-0.15, -0.1) is 11.6 Å². The Hall–Kier alpha value is -1.23. The van der Waals surface area contributed by atoms with E-state index in [1.54, 1.807) is 19.3 Å². The number of hydrogen-bond acceptors (Lipinski definition) is 3. The standard InChI is InChI=1S/C7H10ClN3O2/c1-11-6(2-4-9-11)10-7(12)13-5-3-8/h2,4H,3,5H2,1H3,(H,10,12). The van der Waals surface area contributed by atoms with E-state index in [1.807, 2.05) is 0 Å². The zero-order valence-corrected chi connectivity index (χ0v) is 7.91. The van der Waals surface area contributed by atoms with Gasteiger partial charge in [0.05, 0.1) is 12.1 Å². The van der Waals surface area contributed by atoms with E-state index in [0.717, 1.165) is 0 Å². The number of nitrogens with zero attached hydrogens (tertiary/aromatic N) is 2. The number of hydrogen-bond donors (Lipinski definition) is 1. The minimum atomic E-state index is -0.524. The van der Waals surface area contributed by atoms with Gasteiger partial charge in [0.2, 0.25) is 0 Å². The van der Waals surface area contributed by atoms with Gasteiger partial charge in [-0.2, -0.15) is 5.10 Å². The lowest BCUT2D eigenvalue weighted by Gasteiger charge is -2.04. The third-order valence-corrected chi connectivity index (χ3v) is 1.52. The van der Waals surface area contributed by atoms with Gasteiger partial charge < -0.3 is 4.74 Å². The van der Waals surface area contributed by atoms with E-state index >= 15 is 0 Å². The molecule has 5 nitrogen and oxygen atoms in total. The van der Waals surface area contributed by atoms with Crippen molar-refractivity contribution in [2.45, 2.75) is 0 Å². The van der Waals surface area contributed by atoms with Crippen LogP contribution in [0.15, 0.2) is 12.3 Å². The summed E-state index contributed by atoms with van der Waals surface area (Å²) in [4.78, 5) is 11.0. The molecule has 0 saturated carbocycles. The zero-order chi connectivity index (χ0) is 9.68. The van der Waals surface area contributed by atoms with Crippen LogP contribution in [-0.2, 0) is 11.8 Å². The molecule has 0 unspecified atom stereocenters. The first kappa shape index (κ1) is 9.85. The van der Waals surface area contributed by atoms with Gasteiger partial charge in [-0.05, 0) is 0 Å². The van der Waals surface area contributed by atoms with E-state index in [2.05, 4.69) is 10.4 Å². The number of amides is 1. The normalized spacial score (nSPS) is 9.69. The Labute approximate surface area is 80.6 Å². The predicted molar refractivity (Wildman–Crippen MR) is 48.9 cm³/mol. The Balaban J connectivity index is 2.41. The predicted octanol–water partition coefficient (Wildman–Crippen LogP) is 1.21. The second-order valence-corrected chi connectivity index (χ2v) is 2.67. The van der Waals surface area contributed by atoms with Gasteiger partial charge >= 0.3 is 6.09 Å². The largest absolute Gasteiger partial charge is 0.448 e. The average Bonchev–Trinajstić information content (AvgIpc) is 2.48. The lowest BCUT2D eigenvalue weighted by Crippen LogP contribution is -2.16. The topological polar surface area (TPSA) is 56.2 Å². The number of carbonyl (C=O) groups is 1. The van der Waals surface area contributed by atoms with Crippen molar-refractivity contribution in [2.75, 3.05) is 17.8 Å². The molecule has 1 amide bonds. The highest BCUT2D eigenvalue weighted by Crippen LogP contribution is 2.03. The highest BCUT2D eigenvalue weighted by Gasteiger charge is 2.04. The lowest BCUT2D eigenvalue weighted by atomic mass is 10.6. The van der Waals surface area contributed by atoms with Gasteiger partial charge in [-0.1, -0.05) is 0 Å². The van der Waals surface area contributed by atoms with Crippen LogP contribution in [0, 0.1) is 0 Å². The van der Waals surface area contributed by atoms with Crippen molar-refractivity contribution < 1.29 is 9.53 Å². The average molecular weight is 204 g/mol. The summed E-state index contributed by atoms with van der Waals surface area (Å²) < 4.78 is 6.23. The molecule has 13 heavy (non-hydrogen) atoms. The summed E-state index contributed by atoms with van der Waals surface area (Å²) in [5.74, 6) is 0.873. The van der Waals surface area contributed by atoms with Gasteiger partial charge in [0.15, 0.2) is 0 Å². The summed E-state index contributed by atoms with van der Waals surface area (Å²) in [6.07, 6.45) is 1.06. The molecule has 6 heteroatoms. The van der Waals surface area contributed by atoms with Crippen molar-refractivity contribution in [1.82, 2.24) is 9.78 Å². The number of rotatable bonds is 3. The molecule has 0 radical (unpaired) electrons. The van der Waals surface area contributed by atoms with E-state index in [1.165, 1.54) is 4.68 Å². The molecule has 1 heterocycles. The van der Waals surface area contributed by atoms with Gasteiger partial charge in [0.1, 0.15) is 12.4 Å². The first-order valence-electron chi connectivity index (χ1n) is 3.72. The van der Waals surface area contributed by atoms with E-state index in [4.69, 9.17) is 16.3 Å². The molecule has 0 aliphatic rings. The molecule has 1 rings (SSSR count). The molecule has 1 aromatic heterocycles. The SMILES string of the molecule is Cn1nccc1NC(=O)OCCCl. The number of anilines is 1. The summed E-state index contributed by atoms with van der Waals surface area (Å²) in [6, 6.07) is 1.67. The van der Waals surface area contributed by atoms with Crippen LogP contribution in [0.25, 0.3) is 0 Å². The van der Waals surface area contributed by atoms with E-state index in [9.17, 15) is 4.79 Å². The van der Waals surface area contributed by atoms with Gasteiger partial charge in [-0.25, -0.2) is 4.79 Å². The molecule has 0 atom stereocenters.